The lowest BCUT2D eigenvalue weighted by Gasteiger charge is -2.17. The predicted molar refractivity (Wildman–Crippen MR) is 60.7 cm³/mol. The van der Waals surface area contributed by atoms with Gasteiger partial charge in [0.2, 0.25) is 5.91 Å². The molecular weight excluding hydrogens is 303 g/mol. The third kappa shape index (κ3) is 2.06. The molecule has 86 valence electrons. The number of alkyl halides is 1. The zero-order valence-corrected chi connectivity index (χ0v) is 10.4. The number of hydrogen-bond acceptors (Lipinski definition) is 1. The molecule has 1 unspecified atom stereocenters. The Kier molecular flexibility index (Phi) is 3.17. The largest absolute Gasteiger partial charge is 0.308 e. The number of halogens is 4. The summed E-state index contributed by atoms with van der Waals surface area (Å²) in [5.74, 6) is -1.55. The minimum atomic E-state index is -0.646. The molecule has 1 heterocycles. The maximum absolute atomic E-state index is 13.5. The molecule has 0 spiro atoms. The van der Waals surface area contributed by atoms with Gasteiger partial charge in [-0.25, -0.2) is 8.78 Å². The van der Waals surface area contributed by atoms with Crippen LogP contribution in [0.5, 0.6) is 0 Å². The summed E-state index contributed by atoms with van der Waals surface area (Å²) in [7, 11) is 0. The minimum absolute atomic E-state index is 0.0304. The van der Waals surface area contributed by atoms with Crippen molar-refractivity contribution in [1.82, 2.24) is 0 Å². The first-order valence-electron chi connectivity index (χ1n) is 4.58. The van der Waals surface area contributed by atoms with Crippen molar-refractivity contribution in [3.8, 4) is 0 Å². The highest BCUT2D eigenvalue weighted by molar-refractivity contribution is 9.10. The quantitative estimate of drug-likeness (QED) is 0.577. The molecule has 0 radical (unpaired) electrons. The molecule has 1 aliphatic rings. The lowest BCUT2D eigenvalue weighted by Crippen LogP contribution is -2.25. The van der Waals surface area contributed by atoms with Crippen LogP contribution in [0.1, 0.15) is 6.42 Å². The Labute approximate surface area is 104 Å². The van der Waals surface area contributed by atoms with Crippen molar-refractivity contribution in [2.24, 2.45) is 0 Å². The first-order chi connectivity index (χ1) is 7.49. The van der Waals surface area contributed by atoms with Crippen LogP contribution in [-0.4, -0.2) is 17.8 Å². The zero-order valence-electron chi connectivity index (χ0n) is 8.01. The average Bonchev–Trinajstić information content (AvgIpc) is 2.51. The molecule has 16 heavy (non-hydrogen) atoms. The normalized spacial score (nSPS) is 20.6. The Hall–Kier alpha value is -0.680. The molecule has 0 aliphatic carbocycles. The fourth-order valence-corrected chi connectivity index (χ4v) is 2.20. The van der Waals surface area contributed by atoms with Gasteiger partial charge in [-0.1, -0.05) is 0 Å². The SMILES string of the molecule is O=C1CC(Cl)CN1c1cc(F)c(Br)cc1F. The lowest BCUT2D eigenvalue weighted by molar-refractivity contribution is -0.117. The Morgan fingerprint density at radius 2 is 2.06 bits per heavy atom. The molecule has 6 heteroatoms. The van der Waals surface area contributed by atoms with E-state index in [2.05, 4.69) is 15.9 Å². The molecule has 1 aliphatic heterocycles. The summed E-state index contributed by atoms with van der Waals surface area (Å²) >= 11 is 8.66. The van der Waals surface area contributed by atoms with Crippen LogP contribution in [0.3, 0.4) is 0 Å². The molecule has 1 aromatic carbocycles. The molecular formula is C10H7BrClF2NO. The van der Waals surface area contributed by atoms with Gasteiger partial charge in [-0.15, -0.1) is 11.6 Å². The van der Waals surface area contributed by atoms with Gasteiger partial charge in [0.25, 0.3) is 0 Å². The molecule has 1 atom stereocenters. The van der Waals surface area contributed by atoms with E-state index < -0.39 is 11.6 Å². The van der Waals surface area contributed by atoms with E-state index in [1.807, 2.05) is 0 Å². The maximum Gasteiger partial charge on any atom is 0.228 e. The summed E-state index contributed by atoms with van der Waals surface area (Å²) in [6.07, 6.45) is 0.151. The predicted octanol–water partition coefficient (Wildman–Crippen LogP) is 3.07. The van der Waals surface area contributed by atoms with Gasteiger partial charge >= 0.3 is 0 Å². The van der Waals surface area contributed by atoms with Crippen LogP contribution in [0.4, 0.5) is 14.5 Å². The highest BCUT2D eigenvalue weighted by Gasteiger charge is 2.31. The Bertz CT molecular complexity index is 455. The van der Waals surface area contributed by atoms with Gasteiger partial charge in [0.05, 0.1) is 15.5 Å². The standard InChI is InChI=1S/C10H7BrClF2NO/c11-6-2-8(14)9(3-7(6)13)15-4-5(12)1-10(15)16/h2-3,5H,1,4H2. The lowest BCUT2D eigenvalue weighted by atomic mass is 10.2. The van der Waals surface area contributed by atoms with E-state index in [-0.39, 0.29) is 34.4 Å². The second-order valence-corrected chi connectivity index (χ2v) is 5.00. The van der Waals surface area contributed by atoms with E-state index in [0.29, 0.717) is 0 Å². The van der Waals surface area contributed by atoms with Crippen molar-refractivity contribution in [2.75, 3.05) is 11.4 Å². The number of rotatable bonds is 1. The van der Waals surface area contributed by atoms with E-state index in [9.17, 15) is 13.6 Å². The van der Waals surface area contributed by atoms with E-state index in [0.717, 1.165) is 12.1 Å². The van der Waals surface area contributed by atoms with Crippen molar-refractivity contribution in [3.05, 3.63) is 28.2 Å². The number of carbonyl (C=O) groups excluding carboxylic acids is 1. The van der Waals surface area contributed by atoms with Crippen LogP contribution in [0.15, 0.2) is 16.6 Å². The van der Waals surface area contributed by atoms with Gasteiger partial charge in [0.15, 0.2) is 0 Å². The molecule has 0 saturated carbocycles. The molecule has 1 aromatic rings. The van der Waals surface area contributed by atoms with Crippen molar-refractivity contribution < 1.29 is 13.6 Å². The maximum atomic E-state index is 13.5. The fourth-order valence-electron chi connectivity index (χ4n) is 1.62. The van der Waals surface area contributed by atoms with Crippen LogP contribution < -0.4 is 4.90 Å². The van der Waals surface area contributed by atoms with Crippen LogP contribution >= 0.6 is 27.5 Å². The van der Waals surface area contributed by atoms with Gasteiger partial charge in [-0.3, -0.25) is 4.79 Å². The van der Waals surface area contributed by atoms with E-state index >= 15 is 0 Å². The minimum Gasteiger partial charge on any atom is -0.308 e. The van der Waals surface area contributed by atoms with E-state index in [1.54, 1.807) is 0 Å². The molecule has 2 rings (SSSR count). The summed E-state index contributed by atoms with van der Waals surface area (Å²) in [4.78, 5) is 12.6. The van der Waals surface area contributed by atoms with Crippen LogP contribution in [0, 0.1) is 11.6 Å². The number of carbonyl (C=O) groups is 1. The summed E-state index contributed by atoms with van der Waals surface area (Å²) in [5, 5.41) is -0.349. The van der Waals surface area contributed by atoms with Crippen LogP contribution in [-0.2, 0) is 4.79 Å². The molecule has 0 aromatic heterocycles. The zero-order chi connectivity index (χ0) is 11.9. The molecule has 1 saturated heterocycles. The topological polar surface area (TPSA) is 20.3 Å². The molecule has 1 fully saturated rings. The third-order valence-electron chi connectivity index (χ3n) is 2.36. The highest BCUT2D eigenvalue weighted by atomic mass is 79.9. The van der Waals surface area contributed by atoms with Crippen molar-refractivity contribution in [3.63, 3.8) is 0 Å². The Balaban J connectivity index is 2.41. The summed E-state index contributed by atoms with van der Waals surface area (Å²) in [6.45, 7) is 0.207. The van der Waals surface area contributed by atoms with Gasteiger partial charge in [0, 0.05) is 19.0 Å². The van der Waals surface area contributed by atoms with Gasteiger partial charge in [0.1, 0.15) is 11.6 Å². The highest BCUT2D eigenvalue weighted by Crippen LogP contribution is 2.30. The summed E-state index contributed by atoms with van der Waals surface area (Å²) in [5.41, 5.74) is -0.0612. The van der Waals surface area contributed by atoms with Gasteiger partial charge in [-0.2, -0.15) is 0 Å². The second-order valence-electron chi connectivity index (χ2n) is 3.52. The number of benzene rings is 1. The van der Waals surface area contributed by atoms with Crippen LogP contribution in [0.2, 0.25) is 0 Å². The second kappa shape index (κ2) is 4.30. The van der Waals surface area contributed by atoms with Gasteiger partial charge < -0.3 is 4.90 Å². The number of hydrogen-bond donors (Lipinski definition) is 0. The number of nitrogens with zero attached hydrogens (tertiary/aromatic N) is 1. The summed E-state index contributed by atoms with van der Waals surface area (Å²) in [6, 6.07) is 1.99. The fraction of sp³-hybridized carbons (Fsp3) is 0.300. The Morgan fingerprint density at radius 3 is 2.62 bits per heavy atom. The van der Waals surface area contributed by atoms with Gasteiger partial charge in [-0.05, 0) is 22.0 Å². The average molecular weight is 311 g/mol. The summed E-state index contributed by atoms with van der Waals surface area (Å²) < 4.78 is 26.8. The monoisotopic (exact) mass is 309 g/mol. The van der Waals surface area contributed by atoms with E-state index in [1.165, 1.54) is 4.90 Å². The Morgan fingerprint density at radius 1 is 1.38 bits per heavy atom. The number of amides is 1. The van der Waals surface area contributed by atoms with Crippen LogP contribution in [0.25, 0.3) is 0 Å². The van der Waals surface area contributed by atoms with Crippen molar-refractivity contribution in [1.29, 1.82) is 0 Å². The van der Waals surface area contributed by atoms with Crippen molar-refractivity contribution in [2.45, 2.75) is 11.8 Å². The molecule has 1 amide bonds. The molecule has 0 N–H and O–H groups in total. The first-order valence-corrected chi connectivity index (χ1v) is 5.81. The number of anilines is 1. The van der Waals surface area contributed by atoms with E-state index in [4.69, 9.17) is 11.6 Å². The van der Waals surface area contributed by atoms with Crippen molar-refractivity contribution >= 4 is 39.1 Å². The first kappa shape index (κ1) is 11.8. The smallest absolute Gasteiger partial charge is 0.228 e. The molecule has 0 bridgehead atoms. The molecule has 2 nitrogen and oxygen atoms in total. The third-order valence-corrected chi connectivity index (χ3v) is 3.26.